The van der Waals surface area contributed by atoms with E-state index >= 15 is 0 Å². The number of Topliss-reactive ketones (excluding diaryl/α,β-unsaturated/α-hetero) is 1. The molecule has 0 saturated carbocycles. The molecule has 1 aromatic carbocycles. The van der Waals surface area contributed by atoms with E-state index in [-0.39, 0.29) is 5.78 Å². The fraction of sp³-hybridized carbons (Fsp3) is 0.200. The molecule has 0 aliphatic carbocycles. The second kappa shape index (κ2) is 5.30. The summed E-state index contributed by atoms with van der Waals surface area (Å²) < 4.78 is 4.06. The summed E-state index contributed by atoms with van der Waals surface area (Å²) in [5, 5.41) is 8.70. The van der Waals surface area contributed by atoms with Gasteiger partial charge in [0.2, 0.25) is 0 Å². The van der Waals surface area contributed by atoms with E-state index in [4.69, 9.17) is 9.84 Å². The molecule has 0 aliphatic rings. The predicted molar refractivity (Wildman–Crippen MR) is 54.5 cm³/mol. The number of carboxylic acid groups (broad SMARTS) is 1. The van der Waals surface area contributed by atoms with Crippen LogP contribution in [-0.4, -0.2) is 51.9 Å². The number of hydrogen-bond acceptors (Lipinski definition) is 3. The number of ketones is 1. The van der Waals surface area contributed by atoms with Crippen LogP contribution in [-0.2, 0) is 4.79 Å². The summed E-state index contributed by atoms with van der Waals surface area (Å²) in [6.45, 7) is 0. The van der Waals surface area contributed by atoms with Gasteiger partial charge < -0.3 is 0 Å². The normalized spacial score (nSPS) is 11.9. The summed E-state index contributed by atoms with van der Waals surface area (Å²) in [5.74, 6) is -0.744. The van der Waals surface area contributed by atoms with Gasteiger partial charge in [0.15, 0.2) is 0 Å². The number of hydrogen-bond donors (Lipinski definition) is 1. The molecule has 0 spiro atoms. The maximum atomic E-state index is 11.6. The molecule has 0 aromatic heterocycles. The van der Waals surface area contributed by atoms with Crippen molar-refractivity contribution in [1.82, 2.24) is 0 Å². The van der Waals surface area contributed by atoms with Gasteiger partial charge >= 0.3 is 105 Å². The molecule has 0 amide bonds. The van der Waals surface area contributed by atoms with Crippen molar-refractivity contribution >= 4 is 39.7 Å². The number of ether oxygens (including phenoxy) is 1. The predicted octanol–water partition coefficient (Wildman–Crippen LogP) is 0.919. The van der Waals surface area contributed by atoms with Crippen molar-refractivity contribution in [3.63, 3.8) is 0 Å². The zero-order valence-electron chi connectivity index (χ0n) is 8.56. The Morgan fingerprint density at radius 1 is 1.33 bits per heavy atom. The maximum absolute atomic E-state index is 11.6. The molecule has 74 valence electrons. The number of carbonyl (C=O) groups is 2. The number of rotatable bonds is 4. The number of benzene rings is 1. The van der Waals surface area contributed by atoms with E-state index in [0.29, 0.717) is 39.2 Å². The van der Waals surface area contributed by atoms with Crippen LogP contribution in [0.1, 0.15) is 10.4 Å². The van der Waals surface area contributed by atoms with Crippen molar-refractivity contribution in [1.29, 1.82) is 0 Å². The van der Waals surface area contributed by atoms with E-state index in [2.05, 4.69) is 0 Å². The van der Waals surface area contributed by atoms with Crippen LogP contribution in [0.3, 0.4) is 0 Å². The third-order valence-electron chi connectivity index (χ3n) is 2.14. The molecule has 1 atom stereocenters. The van der Waals surface area contributed by atoms with Gasteiger partial charge in [-0.1, -0.05) is 0 Å². The molecule has 0 saturated heterocycles. The van der Waals surface area contributed by atoms with E-state index in [1.807, 2.05) is 0 Å². The second-order valence-electron chi connectivity index (χ2n) is 3.15. The molecule has 1 aromatic rings. The molecule has 5 heteroatoms. The molecular formula is C10H9NaO4. The van der Waals surface area contributed by atoms with E-state index in [0.717, 1.165) is 0 Å². The van der Waals surface area contributed by atoms with Crippen LogP contribution in [0.25, 0.3) is 0 Å². The van der Waals surface area contributed by atoms with Crippen LogP contribution in [0, 0.1) is 0 Å². The van der Waals surface area contributed by atoms with Gasteiger partial charge in [0.05, 0.1) is 0 Å². The van der Waals surface area contributed by atoms with Crippen molar-refractivity contribution in [2.75, 3.05) is 7.11 Å². The van der Waals surface area contributed by atoms with Gasteiger partial charge in [-0.15, -0.1) is 0 Å². The van der Waals surface area contributed by atoms with Gasteiger partial charge in [0.1, 0.15) is 0 Å². The first-order chi connectivity index (χ1) is 7.06. The van der Waals surface area contributed by atoms with Crippen LogP contribution < -0.4 is 4.74 Å². The summed E-state index contributed by atoms with van der Waals surface area (Å²) in [6, 6.07) is 6.44. The number of methoxy groups -OCH3 is 1. The molecule has 0 radical (unpaired) electrons. The quantitative estimate of drug-likeness (QED) is 0.461. The van der Waals surface area contributed by atoms with Crippen LogP contribution >= 0.6 is 0 Å². The molecular weight excluding hydrogens is 207 g/mol. The van der Waals surface area contributed by atoms with Crippen molar-refractivity contribution < 1.29 is 19.4 Å². The first-order valence-corrected chi connectivity index (χ1v) is 5.62. The van der Waals surface area contributed by atoms with E-state index < -0.39 is 9.14 Å². The average molecular weight is 216 g/mol. The van der Waals surface area contributed by atoms with E-state index in [1.165, 1.54) is 7.11 Å². The van der Waals surface area contributed by atoms with Crippen LogP contribution in [0.5, 0.6) is 5.75 Å². The van der Waals surface area contributed by atoms with Crippen molar-refractivity contribution in [3.05, 3.63) is 29.8 Å². The molecule has 1 N–H and O–H groups in total. The molecule has 1 rings (SSSR count). The Balaban J connectivity index is 2.87. The fourth-order valence-electron chi connectivity index (χ4n) is 1.12. The van der Waals surface area contributed by atoms with Gasteiger partial charge in [-0.05, 0) is 0 Å². The van der Waals surface area contributed by atoms with Crippen molar-refractivity contribution in [2.45, 2.75) is 3.17 Å². The fourth-order valence-corrected chi connectivity index (χ4v) is 1.45. The standard InChI is InChI=1S/C10H9O4.Na/c1-14-8-4-2-7(3-5-8)9(11)6-10(12)13;/h2-6H,1H3,(H,12,13);. The topological polar surface area (TPSA) is 63.6 Å². The SMILES string of the molecule is COc1ccc(C(=O)[CH]([Na])C(=O)O)cc1. The molecule has 4 nitrogen and oxygen atoms in total. The molecule has 15 heavy (non-hydrogen) atoms. The zero-order chi connectivity index (χ0) is 11.4. The molecule has 0 heterocycles. The zero-order valence-corrected chi connectivity index (χ0v) is 10.6. The monoisotopic (exact) mass is 216 g/mol. The van der Waals surface area contributed by atoms with E-state index in [9.17, 15) is 9.59 Å². The van der Waals surface area contributed by atoms with Gasteiger partial charge in [-0.25, -0.2) is 0 Å². The van der Waals surface area contributed by atoms with Gasteiger partial charge in [-0.2, -0.15) is 0 Å². The number of carbonyl (C=O) groups excluding carboxylic acids is 1. The Bertz CT molecular complexity index is 372. The summed E-state index contributed by atoms with van der Waals surface area (Å²) in [4.78, 5) is 22.2. The average Bonchev–Trinajstić information content (AvgIpc) is 2.27. The Labute approximate surface area is 105 Å². The Kier molecular flexibility index (Phi) is 4.32. The van der Waals surface area contributed by atoms with Gasteiger partial charge in [0, 0.05) is 0 Å². The summed E-state index contributed by atoms with van der Waals surface area (Å²) >= 11 is 0.311. The number of aliphatic carboxylic acids is 1. The Morgan fingerprint density at radius 3 is 2.27 bits per heavy atom. The third kappa shape index (κ3) is 3.06. The van der Waals surface area contributed by atoms with Crippen molar-refractivity contribution in [3.8, 4) is 5.75 Å². The minimum atomic E-state index is -1.05. The summed E-state index contributed by atoms with van der Waals surface area (Å²) in [7, 11) is 1.53. The first-order valence-electron chi connectivity index (χ1n) is 4.47. The summed E-state index contributed by atoms with van der Waals surface area (Å²) in [6.07, 6.45) is 0. The first kappa shape index (κ1) is 12.2. The van der Waals surface area contributed by atoms with Crippen LogP contribution in [0.2, 0.25) is 3.17 Å². The van der Waals surface area contributed by atoms with E-state index in [1.54, 1.807) is 24.3 Å². The van der Waals surface area contributed by atoms with Crippen LogP contribution in [0.15, 0.2) is 24.3 Å². The molecule has 0 bridgehead atoms. The molecule has 1 unspecified atom stereocenters. The third-order valence-corrected chi connectivity index (χ3v) is 3.16. The molecule has 0 aliphatic heterocycles. The summed E-state index contributed by atoms with van der Waals surface area (Å²) in [5.41, 5.74) is 0.415. The Morgan fingerprint density at radius 2 is 1.87 bits per heavy atom. The van der Waals surface area contributed by atoms with Gasteiger partial charge in [-0.3, -0.25) is 0 Å². The van der Waals surface area contributed by atoms with Crippen molar-refractivity contribution in [2.24, 2.45) is 0 Å². The second-order valence-corrected chi connectivity index (χ2v) is 4.31. The van der Waals surface area contributed by atoms with Crippen LogP contribution in [0.4, 0.5) is 0 Å². The number of carboxylic acids is 1. The van der Waals surface area contributed by atoms with Gasteiger partial charge in [0.25, 0.3) is 0 Å². The minimum absolute atomic E-state index is 0.311. The molecule has 0 fully saturated rings. The Hall–Kier alpha value is -0.840.